The molecule has 0 saturated heterocycles. The van der Waals surface area contributed by atoms with Gasteiger partial charge in [-0.25, -0.2) is 4.79 Å². The molecule has 1 aliphatic carbocycles. The maximum absolute atomic E-state index is 13.6. The van der Waals surface area contributed by atoms with Crippen LogP contribution in [-0.4, -0.2) is 32.4 Å². The number of rotatable bonds is 5. The van der Waals surface area contributed by atoms with Gasteiger partial charge in [-0.2, -0.15) is 30.4 Å². The highest BCUT2D eigenvalue weighted by Crippen LogP contribution is 2.39. The average Bonchev–Trinajstić information content (AvgIpc) is 2.76. The normalized spacial score (nSPS) is 20.1. The lowest BCUT2D eigenvalue weighted by Crippen LogP contribution is -2.37. The first kappa shape index (κ1) is 17.7. The summed E-state index contributed by atoms with van der Waals surface area (Å²) in [4.78, 5) is 11.1. The Morgan fingerprint density at radius 2 is 1.90 bits per heavy atom. The maximum Gasteiger partial charge on any atom is 0.534 e. The van der Waals surface area contributed by atoms with E-state index >= 15 is 0 Å². The Hall–Kier alpha value is -1.39. The maximum atomic E-state index is 13.6. The summed E-state index contributed by atoms with van der Waals surface area (Å²) in [5.74, 6) is -8.36. The number of allylic oxidation sites excluding steroid dienone is 2. The van der Waals surface area contributed by atoms with E-state index in [-0.39, 0.29) is 6.61 Å². The van der Waals surface area contributed by atoms with Gasteiger partial charge in [0, 0.05) is 6.42 Å². The SMILES string of the molecule is CCOC(=O)C(F)(F)C1C=C(OS(=O)(=O)C(F)(F)F)CC1. The molecule has 0 aliphatic heterocycles. The molecule has 0 radical (unpaired) electrons. The van der Waals surface area contributed by atoms with E-state index in [9.17, 15) is 35.2 Å². The molecule has 0 spiro atoms. The largest absolute Gasteiger partial charge is 0.534 e. The van der Waals surface area contributed by atoms with Crippen LogP contribution < -0.4 is 0 Å². The molecule has 21 heavy (non-hydrogen) atoms. The molecule has 0 saturated carbocycles. The molecule has 0 fully saturated rings. The van der Waals surface area contributed by atoms with Gasteiger partial charge in [0.15, 0.2) is 0 Å². The van der Waals surface area contributed by atoms with Gasteiger partial charge in [-0.15, -0.1) is 0 Å². The third-order valence-electron chi connectivity index (χ3n) is 2.60. The minimum atomic E-state index is -5.91. The molecular weight excluding hydrogens is 327 g/mol. The van der Waals surface area contributed by atoms with Crippen LogP contribution in [0.1, 0.15) is 19.8 Å². The van der Waals surface area contributed by atoms with E-state index in [4.69, 9.17) is 0 Å². The fourth-order valence-corrected chi connectivity index (χ4v) is 2.13. The van der Waals surface area contributed by atoms with Gasteiger partial charge in [-0.05, 0) is 19.4 Å². The van der Waals surface area contributed by atoms with Crippen LogP contribution in [0, 0.1) is 5.92 Å². The highest BCUT2D eigenvalue weighted by atomic mass is 32.2. The first-order valence-corrected chi connectivity index (χ1v) is 7.09. The fraction of sp³-hybridized carbons (Fsp3) is 0.700. The zero-order valence-electron chi connectivity index (χ0n) is 10.6. The number of carbonyl (C=O) groups is 1. The van der Waals surface area contributed by atoms with Crippen molar-refractivity contribution in [2.24, 2.45) is 5.92 Å². The summed E-state index contributed by atoms with van der Waals surface area (Å²) >= 11 is 0. The van der Waals surface area contributed by atoms with E-state index < -0.39 is 52.0 Å². The zero-order chi connectivity index (χ0) is 16.5. The number of ether oxygens (including phenoxy) is 1. The van der Waals surface area contributed by atoms with Crippen molar-refractivity contribution >= 4 is 16.1 Å². The summed E-state index contributed by atoms with van der Waals surface area (Å²) in [5, 5.41) is 0. The summed E-state index contributed by atoms with van der Waals surface area (Å²) in [7, 11) is -5.91. The molecule has 1 aliphatic rings. The Morgan fingerprint density at radius 3 is 2.38 bits per heavy atom. The van der Waals surface area contributed by atoms with Crippen LogP contribution in [0.4, 0.5) is 22.0 Å². The standard InChI is InChI=1S/C10H11F5O5S/c1-2-19-8(16)9(11,12)6-3-4-7(5-6)20-21(17,18)10(13,14)15/h5-6H,2-4H2,1H3. The molecule has 1 rings (SSSR count). The molecule has 0 aromatic carbocycles. The van der Waals surface area contributed by atoms with Crippen LogP contribution in [0.15, 0.2) is 11.8 Å². The Balaban J connectivity index is 2.86. The van der Waals surface area contributed by atoms with E-state index in [0.717, 1.165) is 0 Å². The zero-order valence-corrected chi connectivity index (χ0v) is 11.4. The van der Waals surface area contributed by atoms with Gasteiger partial charge in [-0.3, -0.25) is 0 Å². The van der Waals surface area contributed by atoms with Crippen LogP contribution in [0.5, 0.6) is 0 Å². The lowest BCUT2D eigenvalue weighted by Gasteiger charge is -2.19. The summed E-state index contributed by atoms with van der Waals surface area (Å²) in [5.41, 5.74) is -5.66. The lowest BCUT2D eigenvalue weighted by molar-refractivity contribution is -0.177. The van der Waals surface area contributed by atoms with E-state index in [1.54, 1.807) is 0 Å². The van der Waals surface area contributed by atoms with Gasteiger partial charge >= 0.3 is 27.5 Å². The van der Waals surface area contributed by atoms with Crippen LogP contribution in [0.25, 0.3) is 0 Å². The smallest absolute Gasteiger partial charge is 0.462 e. The molecule has 122 valence electrons. The molecule has 0 aromatic heterocycles. The minimum absolute atomic E-state index is 0.295. The molecule has 0 bridgehead atoms. The number of hydrogen-bond acceptors (Lipinski definition) is 5. The number of hydrogen-bond donors (Lipinski definition) is 0. The van der Waals surface area contributed by atoms with E-state index in [1.165, 1.54) is 6.92 Å². The predicted molar refractivity (Wildman–Crippen MR) is 58.4 cm³/mol. The summed E-state index contributed by atoms with van der Waals surface area (Å²) in [6.45, 7) is 1.01. The van der Waals surface area contributed by atoms with Gasteiger partial charge in [0.1, 0.15) is 5.76 Å². The van der Waals surface area contributed by atoms with Gasteiger partial charge in [-0.1, -0.05) is 0 Å². The molecule has 1 atom stereocenters. The third kappa shape index (κ3) is 3.83. The summed E-state index contributed by atoms with van der Waals surface area (Å²) in [6, 6.07) is 0. The van der Waals surface area contributed by atoms with Crippen molar-refractivity contribution in [3.8, 4) is 0 Å². The van der Waals surface area contributed by atoms with Gasteiger partial charge in [0.05, 0.1) is 12.5 Å². The first-order chi connectivity index (χ1) is 9.41. The molecule has 1 unspecified atom stereocenters. The predicted octanol–water partition coefficient (Wildman–Crippen LogP) is 2.34. The van der Waals surface area contributed by atoms with Crippen LogP contribution in [0.2, 0.25) is 0 Å². The molecule has 0 N–H and O–H groups in total. The van der Waals surface area contributed by atoms with Crippen molar-refractivity contribution in [3.63, 3.8) is 0 Å². The van der Waals surface area contributed by atoms with Gasteiger partial charge in [0.2, 0.25) is 0 Å². The van der Waals surface area contributed by atoms with Crippen LogP contribution in [-0.2, 0) is 23.8 Å². The van der Waals surface area contributed by atoms with E-state index in [0.29, 0.717) is 6.08 Å². The van der Waals surface area contributed by atoms with E-state index in [1.807, 2.05) is 0 Å². The van der Waals surface area contributed by atoms with Crippen molar-refractivity contribution < 1.29 is 44.1 Å². The highest BCUT2D eigenvalue weighted by Gasteiger charge is 2.52. The number of carbonyl (C=O) groups excluding carboxylic acids is 1. The Morgan fingerprint density at radius 1 is 1.33 bits per heavy atom. The Labute approximate surface area is 116 Å². The molecule has 0 amide bonds. The van der Waals surface area contributed by atoms with Crippen molar-refractivity contribution in [1.82, 2.24) is 0 Å². The summed E-state index contributed by atoms with van der Waals surface area (Å²) in [6.07, 6.45) is -0.399. The van der Waals surface area contributed by atoms with E-state index in [2.05, 4.69) is 8.92 Å². The number of esters is 1. The van der Waals surface area contributed by atoms with Crippen LogP contribution >= 0.6 is 0 Å². The molecule has 0 heterocycles. The van der Waals surface area contributed by atoms with Crippen molar-refractivity contribution in [2.75, 3.05) is 6.61 Å². The topological polar surface area (TPSA) is 69.7 Å². The summed E-state index contributed by atoms with van der Waals surface area (Å²) < 4.78 is 92.8. The second kappa shape index (κ2) is 5.78. The second-order valence-electron chi connectivity index (χ2n) is 4.10. The van der Waals surface area contributed by atoms with Crippen LogP contribution in [0.3, 0.4) is 0 Å². The quantitative estimate of drug-likeness (QED) is 0.333. The number of alkyl halides is 5. The first-order valence-electron chi connectivity index (χ1n) is 5.68. The minimum Gasteiger partial charge on any atom is -0.462 e. The monoisotopic (exact) mass is 338 g/mol. The van der Waals surface area contributed by atoms with Crippen molar-refractivity contribution in [2.45, 2.75) is 31.2 Å². The molecule has 5 nitrogen and oxygen atoms in total. The highest BCUT2D eigenvalue weighted by molar-refractivity contribution is 7.87. The molecule has 11 heteroatoms. The Bertz CT molecular complexity index is 537. The van der Waals surface area contributed by atoms with Gasteiger partial charge in [0.25, 0.3) is 0 Å². The van der Waals surface area contributed by atoms with Crippen molar-refractivity contribution in [1.29, 1.82) is 0 Å². The fourth-order valence-electron chi connectivity index (χ4n) is 1.61. The molecule has 0 aromatic rings. The Kier molecular flexibility index (Phi) is 4.86. The number of halogens is 5. The average molecular weight is 338 g/mol. The van der Waals surface area contributed by atoms with Gasteiger partial charge < -0.3 is 8.92 Å². The second-order valence-corrected chi connectivity index (χ2v) is 5.64. The third-order valence-corrected chi connectivity index (χ3v) is 3.60. The lowest BCUT2D eigenvalue weighted by atomic mass is 10.0. The molecular formula is C10H11F5O5S. The van der Waals surface area contributed by atoms with Crippen molar-refractivity contribution in [3.05, 3.63) is 11.8 Å².